The molecule has 0 saturated carbocycles. The third kappa shape index (κ3) is 4.76. The van der Waals surface area contributed by atoms with Gasteiger partial charge in [0.2, 0.25) is 0 Å². The van der Waals surface area contributed by atoms with Crippen LogP contribution in [0, 0.1) is 6.92 Å². The highest BCUT2D eigenvalue weighted by Crippen LogP contribution is 2.17. The SMILES string of the molecule is Cc1ccc(Br)cc1CN(C)CCC(N)C(=O)O. The summed E-state index contributed by atoms with van der Waals surface area (Å²) < 4.78 is 1.05. The first-order valence-corrected chi connectivity index (χ1v) is 6.61. The van der Waals surface area contributed by atoms with Crippen molar-refractivity contribution in [2.45, 2.75) is 25.9 Å². The Kier molecular flexibility index (Phi) is 5.78. The van der Waals surface area contributed by atoms with Gasteiger partial charge in [-0.2, -0.15) is 0 Å². The van der Waals surface area contributed by atoms with Gasteiger partial charge >= 0.3 is 5.97 Å². The molecule has 0 aliphatic carbocycles. The number of carboxylic acid groups (broad SMARTS) is 1. The van der Waals surface area contributed by atoms with Crippen molar-refractivity contribution < 1.29 is 9.90 Å². The summed E-state index contributed by atoms with van der Waals surface area (Å²) in [6, 6.07) is 5.38. The maximum absolute atomic E-state index is 10.6. The van der Waals surface area contributed by atoms with E-state index in [9.17, 15) is 4.79 Å². The van der Waals surface area contributed by atoms with Gasteiger partial charge in [0.05, 0.1) is 0 Å². The van der Waals surface area contributed by atoms with E-state index in [1.165, 1.54) is 11.1 Å². The standard InChI is InChI=1S/C13H19BrN2O2/c1-9-3-4-11(14)7-10(9)8-16(2)6-5-12(15)13(17)18/h3-4,7,12H,5-6,8,15H2,1-2H3,(H,17,18). The Morgan fingerprint density at radius 3 is 2.83 bits per heavy atom. The van der Waals surface area contributed by atoms with Crippen molar-refractivity contribution in [3.63, 3.8) is 0 Å². The lowest BCUT2D eigenvalue weighted by molar-refractivity contribution is -0.138. The Hall–Kier alpha value is -0.910. The molecule has 0 radical (unpaired) electrons. The molecule has 1 unspecified atom stereocenters. The number of aliphatic carboxylic acids is 1. The molecule has 18 heavy (non-hydrogen) atoms. The van der Waals surface area contributed by atoms with E-state index in [2.05, 4.69) is 39.9 Å². The van der Waals surface area contributed by atoms with E-state index < -0.39 is 12.0 Å². The van der Waals surface area contributed by atoms with Gasteiger partial charge in [-0.3, -0.25) is 4.79 Å². The quantitative estimate of drug-likeness (QED) is 0.842. The summed E-state index contributed by atoms with van der Waals surface area (Å²) in [5.41, 5.74) is 7.94. The molecule has 0 amide bonds. The smallest absolute Gasteiger partial charge is 0.320 e. The summed E-state index contributed by atoms with van der Waals surface area (Å²) in [6.45, 7) is 3.52. The first-order valence-electron chi connectivity index (χ1n) is 5.82. The van der Waals surface area contributed by atoms with Gasteiger partial charge in [-0.1, -0.05) is 22.0 Å². The molecule has 0 saturated heterocycles. The van der Waals surface area contributed by atoms with Crippen LogP contribution in [0.3, 0.4) is 0 Å². The third-order valence-electron chi connectivity index (χ3n) is 2.89. The third-order valence-corrected chi connectivity index (χ3v) is 3.38. The average molecular weight is 315 g/mol. The molecule has 4 nitrogen and oxygen atoms in total. The molecule has 0 spiro atoms. The minimum Gasteiger partial charge on any atom is -0.480 e. The molecule has 0 aromatic heterocycles. The molecule has 0 fully saturated rings. The zero-order chi connectivity index (χ0) is 13.7. The van der Waals surface area contributed by atoms with Gasteiger partial charge in [-0.25, -0.2) is 0 Å². The van der Waals surface area contributed by atoms with E-state index in [1.807, 2.05) is 13.1 Å². The van der Waals surface area contributed by atoms with E-state index >= 15 is 0 Å². The van der Waals surface area contributed by atoms with Crippen molar-refractivity contribution in [1.29, 1.82) is 0 Å². The summed E-state index contributed by atoms with van der Waals surface area (Å²) in [4.78, 5) is 12.7. The predicted octanol–water partition coefficient (Wildman–Crippen LogP) is 1.99. The van der Waals surface area contributed by atoms with Gasteiger partial charge in [0, 0.05) is 17.6 Å². The van der Waals surface area contributed by atoms with Gasteiger partial charge in [0.1, 0.15) is 6.04 Å². The summed E-state index contributed by atoms with van der Waals surface area (Å²) in [5, 5.41) is 8.72. The summed E-state index contributed by atoms with van der Waals surface area (Å²) in [6.07, 6.45) is 0.457. The molecule has 1 aromatic rings. The van der Waals surface area contributed by atoms with E-state index in [-0.39, 0.29) is 0 Å². The Morgan fingerprint density at radius 1 is 1.56 bits per heavy atom. The molecule has 5 heteroatoms. The van der Waals surface area contributed by atoms with Crippen LogP contribution in [0.25, 0.3) is 0 Å². The highest BCUT2D eigenvalue weighted by molar-refractivity contribution is 9.10. The lowest BCUT2D eigenvalue weighted by Gasteiger charge is -2.19. The maximum atomic E-state index is 10.6. The number of hydrogen-bond donors (Lipinski definition) is 2. The van der Waals surface area contributed by atoms with Gasteiger partial charge in [-0.05, 0) is 43.7 Å². The molecule has 1 atom stereocenters. The van der Waals surface area contributed by atoms with Gasteiger partial charge in [-0.15, -0.1) is 0 Å². The van der Waals surface area contributed by atoms with Gasteiger partial charge < -0.3 is 15.7 Å². The first-order chi connectivity index (χ1) is 8.40. The Morgan fingerprint density at radius 2 is 2.22 bits per heavy atom. The number of rotatable bonds is 6. The number of benzene rings is 1. The Balaban J connectivity index is 2.51. The number of aryl methyl sites for hydroxylation is 1. The molecule has 3 N–H and O–H groups in total. The minimum atomic E-state index is -0.943. The van der Waals surface area contributed by atoms with Crippen LogP contribution in [0.2, 0.25) is 0 Å². The number of nitrogens with zero attached hydrogens (tertiary/aromatic N) is 1. The molecular formula is C13H19BrN2O2. The Labute approximate surface area is 116 Å². The zero-order valence-electron chi connectivity index (χ0n) is 10.7. The summed E-state index contributed by atoms with van der Waals surface area (Å²) in [7, 11) is 1.97. The monoisotopic (exact) mass is 314 g/mol. The number of carboxylic acids is 1. The van der Waals surface area contributed by atoms with Crippen molar-refractivity contribution in [3.05, 3.63) is 33.8 Å². The fourth-order valence-corrected chi connectivity index (χ4v) is 2.07. The van der Waals surface area contributed by atoms with Crippen molar-refractivity contribution in [2.24, 2.45) is 5.73 Å². The average Bonchev–Trinajstić information content (AvgIpc) is 2.30. The summed E-state index contributed by atoms with van der Waals surface area (Å²) >= 11 is 3.45. The van der Waals surface area contributed by atoms with Gasteiger partial charge in [0.25, 0.3) is 0 Å². The number of hydrogen-bond acceptors (Lipinski definition) is 3. The predicted molar refractivity (Wildman–Crippen MR) is 75.4 cm³/mol. The van der Waals surface area contributed by atoms with Crippen LogP contribution in [0.4, 0.5) is 0 Å². The van der Waals surface area contributed by atoms with Crippen molar-refractivity contribution >= 4 is 21.9 Å². The normalized spacial score (nSPS) is 12.7. The lowest BCUT2D eigenvalue weighted by Crippen LogP contribution is -2.34. The summed E-state index contributed by atoms with van der Waals surface area (Å²) in [5.74, 6) is -0.943. The van der Waals surface area contributed by atoms with Crippen LogP contribution in [0.1, 0.15) is 17.5 Å². The van der Waals surface area contributed by atoms with E-state index in [4.69, 9.17) is 10.8 Å². The molecule has 1 rings (SSSR count). The largest absolute Gasteiger partial charge is 0.480 e. The van der Waals surface area contributed by atoms with Crippen molar-refractivity contribution in [3.8, 4) is 0 Å². The lowest BCUT2D eigenvalue weighted by atomic mass is 10.1. The zero-order valence-corrected chi connectivity index (χ0v) is 12.3. The number of halogens is 1. The number of nitrogens with two attached hydrogens (primary N) is 1. The molecule has 1 aromatic carbocycles. The van der Waals surface area contributed by atoms with Crippen molar-refractivity contribution in [1.82, 2.24) is 4.90 Å². The van der Waals surface area contributed by atoms with Crippen LogP contribution < -0.4 is 5.73 Å². The van der Waals surface area contributed by atoms with Crippen molar-refractivity contribution in [2.75, 3.05) is 13.6 Å². The van der Waals surface area contributed by atoms with Crippen LogP contribution >= 0.6 is 15.9 Å². The molecule has 0 aliphatic rings. The van der Waals surface area contributed by atoms with E-state index in [0.29, 0.717) is 13.0 Å². The first kappa shape index (κ1) is 15.1. The second-order valence-corrected chi connectivity index (χ2v) is 5.46. The second-order valence-electron chi connectivity index (χ2n) is 4.54. The molecular weight excluding hydrogens is 296 g/mol. The molecule has 0 bridgehead atoms. The highest BCUT2D eigenvalue weighted by atomic mass is 79.9. The van der Waals surface area contributed by atoms with Crippen LogP contribution in [-0.4, -0.2) is 35.6 Å². The van der Waals surface area contributed by atoms with E-state index in [0.717, 1.165) is 11.0 Å². The van der Waals surface area contributed by atoms with Crippen LogP contribution in [0.5, 0.6) is 0 Å². The molecule has 100 valence electrons. The Bertz CT molecular complexity index is 423. The second kappa shape index (κ2) is 6.87. The van der Waals surface area contributed by atoms with Crippen LogP contribution in [-0.2, 0) is 11.3 Å². The topological polar surface area (TPSA) is 66.6 Å². The number of carbonyl (C=O) groups is 1. The fourth-order valence-electron chi connectivity index (χ4n) is 1.66. The minimum absolute atomic E-state index is 0.457. The van der Waals surface area contributed by atoms with Gasteiger partial charge in [0.15, 0.2) is 0 Å². The highest BCUT2D eigenvalue weighted by Gasteiger charge is 2.12. The molecule has 0 aliphatic heterocycles. The van der Waals surface area contributed by atoms with E-state index in [1.54, 1.807) is 0 Å². The maximum Gasteiger partial charge on any atom is 0.320 e. The fraction of sp³-hybridized carbons (Fsp3) is 0.462. The molecule has 0 heterocycles. The van der Waals surface area contributed by atoms with Crippen LogP contribution in [0.15, 0.2) is 22.7 Å².